The Hall–Kier alpha value is -2.05. The number of carbonyl (C=O) groups is 1. The Labute approximate surface area is 171 Å². The van der Waals surface area contributed by atoms with E-state index in [0.717, 1.165) is 28.8 Å². The van der Waals surface area contributed by atoms with Crippen molar-refractivity contribution in [3.05, 3.63) is 34.9 Å². The number of nitrogens with one attached hydrogen (secondary N) is 1. The average molecular weight is 406 g/mol. The van der Waals surface area contributed by atoms with Crippen LogP contribution in [0.1, 0.15) is 46.2 Å². The fourth-order valence-electron chi connectivity index (χ4n) is 3.32. The summed E-state index contributed by atoms with van der Waals surface area (Å²) in [6, 6.07) is 7.66. The summed E-state index contributed by atoms with van der Waals surface area (Å²) in [6.07, 6.45) is -0.452. The van der Waals surface area contributed by atoms with Crippen LogP contribution in [0.4, 0.5) is 10.6 Å². The molecule has 1 amide bonds. The monoisotopic (exact) mass is 405 g/mol. The molecule has 1 aliphatic heterocycles. The summed E-state index contributed by atoms with van der Waals surface area (Å²) in [5.41, 5.74) is 1.13. The van der Waals surface area contributed by atoms with Crippen molar-refractivity contribution < 1.29 is 14.3 Å². The molecule has 2 atom stereocenters. The van der Waals surface area contributed by atoms with Crippen LogP contribution in [0.3, 0.4) is 0 Å². The fraction of sp³-hybridized carbons (Fsp3) is 0.524. The zero-order valence-electron chi connectivity index (χ0n) is 17.1. The van der Waals surface area contributed by atoms with Crippen molar-refractivity contribution in [2.75, 3.05) is 24.7 Å². The molecule has 2 unspecified atom stereocenters. The molecule has 7 heteroatoms. The number of benzene rings is 1. The normalized spacial score (nSPS) is 18.8. The number of hydrogen-bond acceptors (Lipinski definition) is 5. The maximum atomic E-state index is 12.3. The van der Waals surface area contributed by atoms with Crippen LogP contribution in [0.15, 0.2) is 24.3 Å². The number of ether oxygens (including phenoxy) is 2. The van der Waals surface area contributed by atoms with Crippen molar-refractivity contribution >= 4 is 34.4 Å². The van der Waals surface area contributed by atoms with Crippen LogP contribution in [0.25, 0.3) is 10.9 Å². The number of alkyl carbamates (subject to hydrolysis) is 1. The van der Waals surface area contributed by atoms with Gasteiger partial charge in [0.2, 0.25) is 0 Å². The van der Waals surface area contributed by atoms with E-state index in [1.165, 1.54) is 0 Å². The molecule has 1 aromatic heterocycles. The standard InChI is InChI=1S/C21H28ClN3O3/c1-13-12-27-10-9-25(13)19-16(14(2)23-20(26)28-21(3,4)5)11-15-7-6-8-17(22)18(15)24-19/h6-8,11,13-14H,9-10,12H2,1-5H3,(H,23,26). The van der Waals surface area contributed by atoms with Gasteiger partial charge in [-0.25, -0.2) is 9.78 Å². The van der Waals surface area contributed by atoms with Crippen LogP contribution >= 0.6 is 11.6 Å². The number of aromatic nitrogens is 1. The number of fused-ring (bicyclic) bond motifs is 1. The summed E-state index contributed by atoms with van der Waals surface area (Å²) in [7, 11) is 0. The minimum absolute atomic E-state index is 0.175. The first-order valence-corrected chi connectivity index (χ1v) is 9.96. The van der Waals surface area contributed by atoms with Gasteiger partial charge in [0, 0.05) is 17.5 Å². The van der Waals surface area contributed by atoms with Gasteiger partial charge in [-0.15, -0.1) is 0 Å². The number of para-hydroxylation sites is 1. The molecular weight excluding hydrogens is 378 g/mol. The molecule has 152 valence electrons. The van der Waals surface area contributed by atoms with Crippen molar-refractivity contribution in [1.29, 1.82) is 0 Å². The topological polar surface area (TPSA) is 63.7 Å². The lowest BCUT2D eigenvalue weighted by Crippen LogP contribution is -2.45. The molecule has 1 saturated heterocycles. The molecule has 0 radical (unpaired) electrons. The zero-order valence-corrected chi connectivity index (χ0v) is 17.8. The van der Waals surface area contributed by atoms with Gasteiger partial charge < -0.3 is 19.7 Å². The van der Waals surface area contributed by atoms with Gasteiger partial charge in [0.25, 0.3) is 0 Å². The van der Waals surface area contributed by atoms with Gasteiger partial charge in [0.05, 0.1) is 35.8 Å². The third kappa shape index (κ3) is 4.67. The molecule has 0 aliphatic carbocycles. The Morgan fingerprint density at radius 2 is 2.18 bits per heavy atom. The second kappa shape index (κ2) is 8.13. The van der Waals surface area contributed by atoms with Crippen LogP contribution < -0.4 is 10.2 Å². The highest BCUT2D eigenvalue weighted by molar-refractivity contribution is 6.35. The first-order valence-electron chi connectivity index (χ1n) is 9.59. The third-order valence-corrected chi connectivity index (χ3v) is 4.95. The highest BCUT2D eigenvalue weighted by Crippen LogP contribution is 2.33. The number of anilines is 1. The second-order valence-corrected chi connectivity index (χ2v) is 8.61. The van der Waals surface area contributed by atoms with Gasteiger partial charge in [-0.05, 0) is 46.8 Å². The zero-order chi connectivity index (χ0) is 20.5. The van der Waals surface area contributed by atoms with E-state index in [-0.39, 0.29) is 12.1 Å². The van der Waals surface area contributed by atoms with Crippen molar-refractivity contribution in [3.8, 4) is 0 Å². The van der Waals surface area contributed by atoms with E-state index < -0.39 is 11.7 Å². The van der Waals surface area contributed by atoms with Crippen molar-refractivity contribution in [1.82, 2.24) is 10.3 Å². The molecule has 1 fully saturated rings. The van der Waals surface area contributed by atoms with E-state index in [9.17, 15) is 4.79 Å². The number of nitrogens with zero attached hydrogens (tertiary/aromatic N) is 2. The summed E-state index contributed by atoms with van der Waals surface area (Å²) < 4.78 is 11.0. The van der Waals surface area contributed by atoms with Gasteiger partial charge in [-0.1, -0.05) is 23.7 Å². The first kappa shape index (κ1) is 20.7. The van der Waals surface area contributed by atoms with Crippen molar-refractivity contribution in [2.45, 2.75) is 52.3 Å². The predicted octanol–water partition coefficient (Wildman–Crippen LogP) is 4.70. The summed E-state index contributed by atoms with van der Waals surface area (Å²) in [5.74, 6) is 0.819. The first-order chi connectivity index (χ1) is 13.2. The Morgan fingerprint density at radius 1 is 1.43 bits per heavy atom. The molecule has 1 aromatic carbocycles. The number of halogens is 1. The number of morpholine rings is 1. The van der Waals surface area contributed by atoms with Crippen molar-refractivity contribution in [2.24, 2.45) is 0 Å². The largest absolute Gasteiger partial charge is 0.444 e. The van der Waals surface area contributed by atoms with Crippen LogP contribution in [0.5, 0.6) is 0 Å². The van der Waals surface area contributed by atoms with Gasteiger partial charge in [-0.3, -0.25) is 0 Å². The number of amides is 1. The molecule has 6 nitrogen and oxygen atoms in total. The maximum absolute atomic E-state index is 12.3. The van der Waals surface area contributed by atoms with E-state index >= 15 is 0 Å². The maximum Gasteiger partial charge on any atom is 0.408 e. The molecular formula is C21H28ClN3O3. The summed E-state index contributed by atoms with van der Waals surface area (Å²) in [5, 5.41) is 4.48. The smallest absolute Gasteiger partial charge is 0.408 e. The Morgan fingerprint density at radius 3 is 2.86 bits per heavy atom. The quantitative estimate of drug-likeness (QED) is 0.801. The predicted molar refractivity (Wildman–Crippen MR) is 112 cm³/mol. The fourth-order valence-corrected chi connectivity index (χ4v) is 3.55. The summed E-state index contributed by atoms with van der Waals surface area (Å²) >= 11 is 6.40. The van der Waals surface area contributed by atoms with Crippen molar-refractivity contribution in [3.63, 3.8) is 0 Å². The van der Waals surface area contributed by atoms with Crippen LogP contribution in [-0.4, -0.2) is 42.5 Å². The molecule has 2 aromatic rings. The van der Waals surface area contributed by atoms with Crippen LogP contribution in [-0.2, 0) is 9.47 Å². The molecule has 2 heterocycles. The molecule has 3 rings (SSSR count). The molecule has 0 spiro atoms. The van der Waals surface area contributed by atoms with Crippen LogP contribution in [0, 0.1) is 0 Å². The minimum Gasteiger partial charge on any atom is -0.444 e. The van der Waals surface area contributed by atoms with Gasteiger partial charge >= 0.3 is 6.09 Å². The van der Waals surface area contributed by atoms with Gasteiger partial charge in [0.1, 0.15) is 11.4 Å². The summed E-state index contributed by atoms with van der Waals surface area (Å²) in [6.45, 7) is 11.6. The number of rotatable bonds is 3. The second-order valence-electron chi connectivity index (χ2n) is 8.20. The Balaban J connectivity index is 2.01. The lowest BCUT2D eigenvalue weighted by molar-refractivity contribution is 0.0507. The number of hydrogen-bond donors (Lipinski definition) is 1. The Kier molecular flexibility index (Phi) is 6.01. The molecule has 0 bridgehead atoms. The molecule has 0 saturated carbocycles. The van der Waals surface area contributed by atoms with Crippen LogP contribution in [0.2, 0.25) is 5.02 Å². The average Bonchev–Trinajstić information content (AvgIpc) is 2.60. The lowest BCUT2D eigenvalue weighted by Gasteiger charge is -2.36. The van der Waals surface area contributed by atoms with Gasteiger partial charge in [-0.2, -0.15) is 0 Å². The highest BCUT2D eigenvalue weighted by atomic mass is 35.5. The lowest BCUT2D eigenvalue weighted by atomic mass is 10.0. The Bertz CT molecular complexity index is 866. The highest BCUT2D eigenvalue weighted by Gasteiger charge is 2.27. The van der Waals surface area contributed by atoms with E-state index in [1.54, 1.807) is 0 Å². The third-order valence-electron chi connectivity index (χ3n) is 4.64. The summed E-state index contributed by atoms with van der Waals surface area (Å²) in [4.78, 5) is 19.4. The molecule has 1 N–H and O–H groups in total. The number of carbonyl (C=O) groups excluding carboxylic acids is 1. The van der Waals surface area contributed by atoms with E-state index in [0.29, 0.717) is 18.2 Å². The van der Waals surface area contributed by atoms with E-state index in [1.807, 2.05) is 52.0 Å². The number of pyridine rings is 1. The molecule has 28 heavy (non-hydrogen) atoms. The minimum atomic E-state index is -0.555. The van der Waals surface area contributed by atoms with E-state index in [2.05, 4.69) is 17.1 Å². The SMILES string of the molecule is CC(NC(=O)OC(C)(C)C)c1cc2cccc(Cl)c2nc1N1CCOCC1C. The molecule has 1 aliphatic rings. The van der Waals surface area contributed by atoms with E-state index in [4.69, 9.17) is 26.1 Å². The van der Waals surface area contributed by atoms with Gasteiger partial charge in [0.15, 0.2) is 0 Å².